The summed E-state index contributed by atoms with van der Waals surface area (Å²) >= 11 is 5.92. The average Bonchev–Trinajstić information content (AvgIpc) is 2.48. The molecule has 0 bridgehead atoms. The van der Waals surface area contributed by atoms with Crippen molar-refractivity contribution in [2.24, 2.45) is 0 Å². The van der Waals surface area contributed by atoms with Crippen molar-refractivity contribution >= 4 is 28.5 Å². The number of rotatable bonds is 0. The van der Waals surface area contributed by atoms with Crippen molar-refractivity contribution in [2.45, 2.75) is 20.8 Å². The zero-order valence-corrected chi connectivity index (χ0v) is 9.31. The Balaban J connectivity index is 0.000000461. The Bertz CT molecular complexity index is 434. The number of anilines is 1. The van der Waals surface area contributed by atoms with E-state index in [1.54, 1.807) is 6.20 Å². The molecule has 0 radical (unpaired) electrons. The van der Waals surface area contributed by atoms with E-state index < -0.39 is 0 Å². The van der Waals surface area contributed by atoms with Crippen LogP contribution in [0, 0.1) is 6.92 Å². The molecule has 4 heteroatoms. The van der Waals surface area contributed by atoms with E-state index in [4.69, 9.17) is 17.3 Å². The lowest BCUT2D eigenvalue weighted by atomic mass is 10.2. The highest BCUT2D eigenvalue weighted by Gasteiger charge is 2.06. The van der Waals surface area contributed by atoms with Gasteiger partial charge in [-0.2, -0.15) is 0 Å². The molecule has 0 aliphatic rings. The predicted molar refractivity (Wildman–Crippen MR) is 61.6 cm³/mol. The molecular formula is C10H14ClN3. The largest absolute Gasteiger partial charge is 0.384 e. The van der Waals surface area contributed by atoms with Gasteiger partial charge in [-0.25, -0.2) is 4.98 Å². The van der Waals surface area contributed by atoms with Gasteiger partial charge in [0.2, 0.25) is 0 Å². The van der Waals surface area contributed by atoms with E-state index in [0.717, 1.165) is 16.6 Å². The molecule has 3 nitrogen and oxygen atoms in total. The molecule has 0 unspecified atom stereocenters. The number of fused-ring (bicyclic) bond motifs is 1. The summed E-state index contributed by atoms with van der Waals surface area (Å²) in [7, 11) is 0. The minimum atomic E-state index is 0.477. The van der Waals surface area contributed by atoms with E-state index in [-0.39, 0.29) is 0 Å². The third-order valence-electron chi connectivity index (χ3n) is 1.75. The standard InChI is InChI=1S/C8H8ClN3.C2H6/c1-4-2-5-6(9)7(10)12-8(5)11-3-4;1-2/h2-3H,10H2,1H3,(H,11,12);1-2H3. The van der Waals surface area contributed by atoms with Crippen LogP contribution in [0.15, 0.2) is 12.3 Å². The van der Waals surface area contributed by atoms with E-state index in [9.17, 15) is 0 Å². The van der Waals surface area contributed by atoms with E-state index in [1.807, 2.05) is 26.8 Å². The van der Waals surface area contributed by atoms with Crippen molar-refractivity contribution in [3.05, 3.63) is 22.8 Å². The number of nitrogens with zero attached hydrogens (tertiary/aromatic N) is 1. The Morgan fingerprint density at radius 2 is 2.07 bits per heavy atom. The summed E-state index contributed by atoms with van der Waals surface area (Å²) in [6, 6.07) is 1.96. The fraction of sp³-hybridized carbons (Fsp3) is 0.300. The van der Waals surface area contributed by atoms with E-state index >= 15 is 0 Å². The molecule has 2 rings (SSSR count). The molecule has 0 aliphatic carbocycles. The summed E-state index contributed by atoms with van der Waals surface area (Å²) in [6.07, 6.45) is 1.77. The van der Waals surface area contributed by atoms with Crippen molar-refractivity contribution in [1.82, 2.24) is 9.97 Å². The van der Waals surface area contributed by atoms with Gasteiger partial charge in [0.25, 0.3) is 0 Å². The van der Waals surface area contributed by atoms with Crippen LogP contribution in [0.5, 0.6) is 0 Å². The van der Waals surface area contributed by atoms with Crippen LogP contribution in [0.4, 0.5) is 5.82 Å². The molecular weight excluding hydrogens is 198 g/mol. The second-order valence-corrected chi connectivity index (χ2v) is 3.14. The van der Waals surface area contributed by atoms with Gasteiger partial charge in [-0.15, -0.1) is 0 Å². The van der Waals surface area contributed by atoms with Crippen molar-refractivity contribution in [3.8, 4) is 0 Å². The molecule has 3 N–H and O–H groups in total. The fourth-order valence-electron chi connectivity index (χ4n) is 1.16. The van der Waals surface area contributed by atoms with Crippen LogP contribution < -0.4 is 5.73 Å². The van der Waals surface area contributed by atoms with Crippen molar-refractivity contribution in [2.75, 3.05) is 5.73 Å². The quantitative estimate of drug-likeness (QED) is 0.704. The van der Waals surface area contributed by atoms with Crippen LogP contribution in [-0.4, -0.2) is 9.97 Å². The smallest absolute Gasteiger partial charge is 0.140 e. The highest BCUT2D eigenvalue weighted by molar-refractivity contribution is 6.37. The minimum Gasteiger partial charge on any atom is -0.384 e. The van der Waals surface area contributed by atoms with Crippen LogP contribution in [0.25, 0.3) is 11.0 Å². The number of nitrogens with two attached hydrogens (primary N) is 1. The number of aromatic amines is 1. The van der Waals surface area contributed by atoms with E-state index in [0.29, 0.717) is 10.8 Å². The topological polar surface area (TPSA) is 54.7 Å². The van der Waals surface area contributed by atoms with Crippen LogP contribution in [0.1, 0.15) is 19.4 Å². The van der Waals surface area contributed by atoms with Gasteiger partial charge in [0, 0.05) is 11.6 Å². The Morgan fingerprint density at radius 3 is 2.71 bits per heavy atom. The summed E-state index contributed by atoms with van der Waals surface area (Å²) in [5.41, 5.74) is 7.39. The Hall–Kier alpha value is -1.22. The molecule has 0 saturated carbocycles. The molecule has 0 spiro atoms. The number of H-pyrrole nitrogens is 1. The zero-order valence-electron chi connectivity index (χ0n) is 8.56. The first-order valence-electron chi connectivity index (χ1n) is 4.58. The van der Waals surface area contributed by atoms with Gasteiger partial charge in [-0.3, -0.25) is 0 Å². The van der Waals surface area contributed by atoms with E-state index in [2.05, 4.69) is 9.97 Å². The number of halogens is 1. The molecule has 14 heavy (non-hydrogen) atoms. The van der Waals surface area contributed by atoms with Crippen molar-refractivity contribution < 1.29 is 0 Å². The molecule has 2 aromatic heterocycles. The van der Waals surface area contributed by atoms with Crippen LogP contribution >= 0.6 is 11.6 Å². The number of aryl methyl sites for hydroxylation is 1. The molecule has 2 aromatic rings. The molecule has 76 valence electrons. The Morgan fingerprint density at radius 1 is 1.43 bits per heavy atom. The fourth-order valence-corrected chi connectivity index (χ4v) is 1.35. The summed E-state index contributed by atoms with van der Waals surface area (Å²) in [5.74, 6) is 0.477. The van der Waals surface area contributed by atoms with Gasteiger partial charge < -0.3 is 10.7 Å². The summed E-state index contributed by atoms with van der Waals surface area (Å²) < 4.78 is 0. The molecule has 0 amide bonds. The maximum absolute atomic E-state index is 5.92. The average molecular weight is 212 g/mol. The molecule has 0 aliphatic heterocycles. The highest BCUT2D eigenvalue weighted by Crippen LogP contribution is 2.27. The van der Waals surface area contributed by atoms with Crippen LogP contribution in [0.3, 0.4) is 0 Å². The first-order valence-corrected chi connectivity index (χ1v) is 4.95. The SMILES string of the molecule is CC.Cc1cnc2[nH]c(N)c(Cl)c2c1. The van der Waals surface area contributed by atoms with Gasteiger partial charge in [0.15, 0.2) is 0 Å². The Labute approximate surface area is 88.3 Å². The maximum atomic E-state index is 5.92. The lowest BCUT2D eigenvalue weighted by molar-refractivity contribution is 1.29. The number of nitrogen functional groups attached to an aromatic ring is 1. The minimum absolute atomic E-state index is 0.477. The summed E-state index contributed by atoms with van der Waals surface area (Å²) in [4.78, 5) is 7.03. The number of pyridine rings is 1. The van der Waals surface area contributed by atoms with Crippen LogP contribution in [0.2, 0.25) is 5.02 Å². The van der Waals surface area contributed by atoms with Crippen molar-refractivity contribution in [3.63, 3.8) is 0 Å². The summed E-state index contributed by atoms with van der Waals surface area (Å²) in [5, 5.41) is 1.44. The molecule has 2 heterocycles. The third-order valence-corrected chi connectivity index (χ3v) is 2.16. The van der Waals surface area contributed by atoms with Crippen molar-refractivity contribution in [1.29, 1.82) is 0 Å². The monoisotopic (exact) mass is 211 g/mol. The normalized spacial score (nSPS) is 9.71. The number of aromatic nitrogens is 2. The molecule has 0 aromatic carbocycles. The van der Waals surface area contributed by atoms with Gasteiger partial charge >= 0.3 is 0 Å². The highest BCUT2D eigenvalue weighted by atomic mass is 35.5. The van der Waals surface area contributed by atoms with Crippen LogP contribution in [-0.2, 0) is 0 Å². The van der Waals surface area contributed by atoms with Gasteiger partial charge in [0.05, 0.1) is 5.02 Å². The van der Waals surface area contributed by atoms with E-state index in [1.165, 1.54) is 0 Å². The molecule has 0 saturated heterocycles. The lowest BCUT2D eigenvalue weighted by Crippen LogP contribution is -1.82. The third kappa shape index (κ3) is 1.82. The summed E-state index contributed by atoms with van der Waals surface area (Å²) in [6.45, 7) is 5.96. The first kappa shape index (κ1) is 10.9. The lowest BCUT2D eigenvalue weighted by Gasteiger charge is -1.91. The predicted octanol–water partition coefficient (Wildman–Crippen LogP) is 3.13. The molecule has 0 fully saturated rings. The van der Waals surface area contributed by atoms with Gasteiger partial charge in [-0.1, -0.05) is 25.4 Å². The second-order valence-electron chi connectivity index (χ2n) is 2.76. The van der Waals surface area contributed by atoms with Gasteiger partial charge in [0.1, 0.15) is 11.5 Å². The number of hydrogen-bond acceptors (Lipinski definition) is 2. The second kappa shape index (κ2) is 4.33. The van der Waals surface area contributed by atoms with Gasteiger partial charge in [-0.05, 0) is 18.6 Å². The molecule has 0 atom stereocenters. The first-order chi connectivity index (χ1) is 6.68. The number of nitrogens with one attached hydrogen (secondary N) is 1. The maximum Gasteiger partial charge on any atom is 0.140 e. The zero-order chi connectivity index (χ0) is 10.7. The number of hydrogen-bond donors (Lipinski definition) is 2. The Kier molecular flexibility index (Phi) is 3.36.